The number of carboxylic acids is 1. The van der Waals surface area contributed by atoms with Crippen LogP contribution in [-0.4, -0.2) is 47.4 Å². The van der Waals surface area contributed by atoms with Gasteiger partial charge in [0.05, 0.1) is 5.92 Å². The summed E-state index contributed by atoms with van der Waals surface area (Å²) in [5.74, 6) is -3.88. The van der Waals surface area contributed by atoms with E-state index in [1.807, 2.05) is 0 Å². The second-order valence-corrected chi connectivity index (χ2v) is 7.18. The lowest BCUT2D eigenvalue weighted by atomic mass is 10.0. The monoisotopic (exact) mass is 393 g/mol. The molecule has 1 heterocycles. The van der Waals surface area contributed by atoms with Crippen molar-refractivity contribution < 1.29 is 28.7 Å². The average molecular weight is 393 g/mol. The van der Waals surface area contributed by atoms with E-state index in [0.29, 0.717) is 5.69 Å². The van der Waals surface area contributed by atoms with Crippen molar-refractivity contribution in [1.82, 2.24) is 10.6 Å². The molecular formula is C19H24FN3O5. The van der Waals surface area contributed by atoms with E-state index < -0.39 is 41.6 Å². The van der Waals surface area contributed by atoms with Gasteiger partial charge >= 0.3 is 5.97 Å². The van der Waals surface area contributed by atoms with Crippen LogP contribution in [0.15, 0.2) is 24.3 Å². The van der Waals surface area contributed by atoms with Crippen LogP contribution in [0.2, 0.25) is 0 Å². The molecule has 3 atom stereocenters. The number of anilines is 1. The maximum Gasteiger partial charge on any atom is 0.325 e. The Morgan fingerprint density at radius 3 is 2.29 bits per heavy atom. The van der Waals surface area contributed by atoms with E-state index in [9.17, 15) is 23.6 Å². The summed E-state index contributed by atoms with van der Waals surface area (Å²) in [6, 6.07) is 3.38. The van der Waals surface area contributed by atoms with Gasteiger partial charge in [-0.25, -0.2) is 4.39 Å². The molecular weight excluding hydrogens is 369 g/mol. The molecule has 152 valence electrons. The quantitative estimate of drug-likeness (QED) is 0.637. The van der Waals surface area contributed by atoms with Gasteiger partial charge in [-0.1, -0.05) is 13.8 Å². The van der Waals surface area contributed by atoms with Gasteiger partial charge in [0.1, 0.15) is 17.9 Å². The van der Waals surface area contributed by atoms with E-state index in [2.05, 4.69) is 10.6 Å². The zero-order chi connectivity index (χ0) is 21.0. The number of nitrogens with one attached hydrogen (secondary N) is 2. The number of nitrogens with zero attached hydrogens (tertiary/aromatic N) is 1. The first-order valence-corrected chi connectivity index (χ1v) is 8.99. The van der Waals surface area contributed by atoms with E-state index in [1.165, 1.54) is 36.1 Å². The number of halogens is 1. The van der Waals surface area contributed by atoms with Gasteiger partial charge in [0.15, 0.2) is 0 Å². The summed E-state index contributed by atoms with van der Waals surface area (Å²) in [5, 5.41) is 13.9. The molecule has 1 unspecified atom stereocenters. The molecule has 1 fully saturated rings. The molecule has 1 aromatic carbocycles. The second-order valence-electron chi connectivity index (χ2n) is 7.18. The molecule has 0 bridgehead atoms. The smallest absolute Gasteiger partial charge is 0.325 e. The maximum atomic E-state index is 13.1. The normalized spacial score (nSPS) is 18.7. The Kier molecular flexibility index (Phi) is 6.71. The standard InChI is InChI=1S/C19H24FN3O5/c1-10(2)16(18(26)21-11(3)19(27)28)22-17(25)12-8-15(24)23(9-12)14-6-4-13(20)5-7-14/h4-7,10-12,16H,8-9H2,1-3H3,(H,21,26)(H,22,25)(H,27,28)/t11-,12?,16-/m0/s1. The summed E-state index contributed by atoms with van der Waals surface area (Å²) < 4.78 is 13.1. The zero-order valence-electron chi connectivity index (χ0n) is 15.9. The van der Waals surface area contributed by atoms with Crippen LogP contribution >= 0.6 is 0 Å². The molecule has 0 aliphatic carbocycles. The predicted molar refractivity (Wildman–Crippen MR) is 98.9 cm³/mol. The molecule has 3 N–H and O–H groups in total. The fraction of sp³-hybridized carbons (Fsp3) is 0.474. The second kappa shape index (κ2) is 8.81. The summed E-state index contributed by atoms with van der Waals surface area (Å²) in [6.07, 6.45) is -0.0266. The first-order chi connectivity index (χ1) is 13.1. The van der Waals surface area contributed by atoms with Gasteiger partial charge in [0, 0.05) is 18.7 Å². The highest BCUT2D eigenvalue weighted by molar-refractivity contribution is 6.01. The van der Waals surface area contributed by atoms with Crippen LogP contribution in [0.1, 0.15) is 27.2 Å². The van der Waals surface area contributed by atoms with Crippen LogP contribution in [0, 0.1) is 17.7 Å². The molecule has 1 aromatic rings. The van der Waals surface area contributed by atoms with Crippen LogP contribution in [0.5, 0.6) is 0 Å². The van der Waals surface area contributed by atoms with E-state index in [0.717, 1.165) is 0 Å². The van der Waals surface area contributed by atoms with Crippen molar-refractivity contribution in [1.29, 1.82) is 0 Å². The van der Waals surface area contributed by atoms with E-state index in [-0.39, 0.29) is 24.8 Å². The summed E-state index contributed by atoms with van der Waals surface area (Å²) in [5.41, 5.74) is 0.495. The van der Waals surface area contributed by atoms with Gasteiger partial charge in [-0.05, 0) is 37.1 Å². The number of hydrogen-bond donors (Lipinski definition) is 3. The van der Waals surface area contributed by atoms with Gasteiger partial charge in [-0.3, -0.25) is 19.2 Å². The van der Waals surface area contributed by atoms with Gasteiger partial charge in [-0.15, -0.1) is 0 Å². The van der Waals surface area contributed by atoms with E-state index in [1.54, 1.807) is 13.8 Å². The largest absolute Gasteiger partial charge is 0.480 e. The fourth-order valence-corrected chi connectivity index (χ4v) is 2.92. The number of amides is 3. The molecule has 1 aliphatic rings. The van der Waals surface area contributed by atoms with E-state index >= 15 is 0 Å². The lowest BCUT2D eigenvalue weighted by Crippen LogP contribution is -2.54. The average Bonchev–Trinajstić information content (AvgIpc) is 3.01. The SMILES string of the molecule is CC(C)[C@H](NC(=O)C1CC(=O)N(c2ccc(F)cc2)C1)C(=O)N[C@@H](C)C(=O)O. The van der Waals surface area contributed by atoms with Crippen molar-refractivity contribution in [2.75, 3.05) is 11.4 Å². The summed E-state index contributed by atoms with van der Waals surface area (Å²) in [6.45, 7) is 4.89. The summed E-state index contributed by atoms with van der Waals surface area (Å²) in [7, 11) is 0. The molecule has 8 nitrogen and oxygen atoms in total. The number of carbonyl (C=O) groups is 4. The minimum Gasteiger partial charge on any atom is -0.480 e. The Balaban J connectivity index is 2.03. The lowest BCUT2D eigenvalue weighted by Gasteiger charge is -2.24. The number of benzene rings is 1. The molecule has 3 amide bonds. The summed E-state index contributed by atoms with van der Waals surface area (Å²) in [4.78, 5) is 49.5. The van der Waals surface area contributed by atoms with Crippen molar-refractivity contribution in [2.24, 2.45) is 11.8 Å². The highest BCUT2D eigenvalue weighted by atomic mass is 19.1. The lowest BCUT2D eigenvalue weighted by molar-refractivity contribution is -0.142. The van der Waals surface area contributed by atoms with Gasteiger partial charge in [0.2, 0.25) is 17.7 Å². The number of aliphatic carboxylic acids is 1. The molecule has 0 spiro atoms. The fourth-order valence-electron chi connectivity index (χ4n) is 2.92. The molecule has 0 saturated carbocycles. The predicted octanol–water partition coefficient (Wildman–Crippen LogP) is 0.909. The van der Waals surface area contributed by atoms with Crippen LogP contribution < -0.4 is 15.5 Å². The van der Waals surface area contributed by atoms with Crippen LogP contribution in [0.3, 0.4) is 0 Å². The number of hydrogen-bond acceptors (Lipinski definition) is 4. The minimum atomic E-state index is -1.18. The first kappa shape index (κ1) is 21.3. The van der Waals surface area contributed by atoms with Crippen molar-refractivity contribution in [3.05, 3.63) is 30.1 Å². The van der Waals surface area contributed by atoms with Crippen molar-refractivity contribution in [3.8, 4) is 0 Å². The Morgan fingerprint density at radius 1 is 1.14 bits per heavy atom. The molecule has 1 aliphatic heterocycles. The molecule has 2 rings (SSSR count). The van der Waals surface area contributed by atoms with Crippen LogP contribution in [0.4, 0.5) is 10.1 Å². The topological polar surface area (TPSA) is 116 Å². The number of rotatable bonds is 7. The molecule has 0 aromatic heterocycles. The Hall–Kier alpha value is -2.97. The van der Waals surface area contributed by atoms with E-state index in [4.69, 9.17) is 5.11 Å². The highest BCUT2D eigenvalue weighted by Gasteiger charge is 2.37. The molecule has 9 heteroatoms. The zero-order valence-corrected chi connectivity index (χ0v) is 15.9. The van der Waals surface area contributed by atoms with Gasteiger partial charge in [-0.2, -0.15) is 0 Å². The highest BCUT2D eigenvalue weighted by Crippen LogP contribution is 2.25. The molecule has 0 radical (unpaired) electrons. The maximum absolute atomic E-state index is 13.1. The van der Waals surface area contributed by atoms with Crippen molar-refractivity contribution >= 4 is 29.4 Å². The Morgan fingerprint density at radius 2 is 1.75 bits per heavy atom. The Labute approximate surface area is 162 Å². The third kappa shape index (κ3) is 5.05. The summed E-state index contributed by atoms with van der Waals surface area (Å²) >= 11 is 0. The van der Waals surface area contributed by atoms with Crippen LogP contribution in [-0.2, 0) is 19.2 Å². The van der Waals surface area contributed by atoms with Crippen molar-refractivity contribution in [3.63, 3.8) is 0 Å². The Bertz CT molecular complexity index is 765. The molecule has 1 saturated heterocycles. The molecule has 28 heavy (non-hydrogen) atoms. The van der Waals surface area contributed by atoms with Crippen molar-refractivity contribution in [2.45, 2.75) is 39.3 Å². The van der Waals surface area contributed by atoms with Gasteiger partial charge < -0.3 is 20.6 Å². The number of carboxylic acid groups (broad SMARTS) is 1. The third-order valence-electron chi connectivity index (χ3n) is 4.61. The van der Waals surface area contributed by atoms with Crippen LogP contribution in [0.25, 0.3) is 0 Å². The third-order valence-corrected chi connectivity index (χ3v) is 4.61. The van der Waals surface area contributed by atoms with Gasteiger partial charge in [0.25, 0.3) is 0 Å². The first-order valence-electron chi connectivity index (χ1n) is 8.99. The number of carbonyl (C=O) groups excluding carboxylic acids is 3. The minimum absolute atomic E-state index is 0.0266.